The zero-order valence-corrected chi connectivity index (χ0v) is 9.62. The number of aryl methyl sites for hydroxylation is 1. The van der Waals surface area contributed by atoms with E-state index in [1.54, 1.807) is 0 Å². The number of aromatic nitrogens is 2. The summed E-state index contributed by atoms with van der Waals surface area (Å²) >= 11 is 5.68. The van der Waals surface area contributed by atoms with Gasteiger partial charge in [-0.2, -0.15) is 0 Å². The van der Waals surface area contributed by atoms with Crippen molar-refractivity contribution < 1.29 is 4.74 Å². The molecule has 1 aromatic heterocycles. The van der Waals surface area contributed by atoms with Crippen LogP contribution in [0.15, 0.2) is 12.5 Å². The fourth-order valence-electron chi connectivity index (χ4n) is 1.97. The van der Waals surface area contributed by atoms with Crippen molar-refractivity contribution in [3.05, 3.63) is 18.2 Å². The van der Waals surface area contributed by atoms with Gasteiger partial charge in [-0.1, -0.05) is 0 Å². The molecule has 84 valence electrons. The van der Waals surface area contributed by atoms with Gasteiger partial charge in [0.1, 0.15) is 0 Å². The van der Waals surface area contributed by atoms with Crippen molar-refractivity contribution in [2.24, 2.45) is 0 Å². The smallest absolute Gasteiger partial charge is 0.0949 e. The lowest BCUT2D eigenvalue weighted by molar-refractivity contribution is 0.101. The highest BCUT2D eigenvalue weighted by atomic mass is 35.5. The van der Waals surface area contributed by atoms with Crippen LogP contribution in [0.3, 0.4) is 0 Å². The van der Waals surface area contributed by atoms with E-state index in [1.807, 2.05) is 12.5 Å². The third-order valence-corrected chi connectivity index (χ3v) is 3.06. The van der Waals surface area contributed by atoms with Crippen LogP contribution in [0.2, 0.25) is 0 Å². The fraction of sp³-hybridized carbons (Fsp3) is 0.727. The van der Waals surface area contributed by atoms with E-state index in [0.717, 1.165) is 31.7 Å². The number of imidazole rings is 1. The van der Waals surface area contributed by atoms with Crippen molar-refractivity contribution >= 4 is 11.6 Å². The van der Waals surface area contributed by atoms with Gasteiger partial charge in [-0.25, -0.2) is 4.98 Å². The predicted molar refractivity (Wildman–Crippen MR) is 60.0 cm³/mol. The predicted octanol–water partition coefficient (Wildman–Crippen LogP) is 2.58. The summed E-state index contributed by atoms with van der Waals surface area (Å²) in [5.74, 6) is 0.499. The van der Waals surface area contributed by atoms with Crippen LogP contribution >= 0.6 is 11.6 Å². The Labute approximate surface area is 95.4 Å². The van der Waals surface area contributed by atoms with E-state index < -0.39 is 0 Å². The van der Waals surface area contributed by atoms with Crippen LogP contribution < -0.4 is 0 Å². The summed E-state index contributed by atoms with van der Waals surface area (Å²) in [7, 11) is 0. The summed E-state index contributed by atoms with van der Waals surface area (Å²) in [5.41, 5.74) is 0.953. The highest BCUT2D eigenvalue weighted by Gasteiger charge is 2.14. The van der Waals surface area contributed by atoms with E-state index in [4.69, 9.17) is 16.3 Å². The number of ether oxygens (including phenoxy) is 1. The molecule has 0 bridgehead atoms. The van der Waals surface area contributed by atoms with Crippen LogP contribution in [-0.2, 0) is 17.2 Å². The standard InChI is InChI=1S/C11H17ClN2O/c12-7-10-8-14(9-13-10)5-1-3-11-4-2-6-15-11/h8-9,11H,1-7H2. The van der Waals surface area contributed by atoms with E-state index >= 15 is 0 Å². The van der Waals surface area contributed by atoms with Crippen molar-refractivity contribution in [3.8, 4) is 0 Å². The summed E-state index contributed by atoms with van der Waals surface area (Å²) in [6, 6.07) is 0. The highest BCUT2D eigenvalue weighted by molar-refractivity contribution is 6.16. The van der Waals surface area contributed by atoms with Gasteiger partial charge >= 0.3 is 0 Å². The van der Waals surface area contributed by atoms with Gasteiger partial charge in [0.25, 0.3) is 0 Å². The number of halogens is 1. The Kier molecular flexibility index (Phi) is 4.03. The first-order valence-corrected chi connectivity index (χ1v) is 6.10. The van der Waals surface area contributed by atoms with Gasteiger partial charge in [-0.3, -0.25) is 0 Å². The second-order valence-electron chi connectivity index (χ2n) is 4.01. The molecule has 15 heavy (non-hydrogen) atoms. The molecule has 0 aromatic carbocycles. The van der Waals surface area contributed by atoms with E-state index in [2.05, 4.69) is 9.55 Å². The minimum absolute atomic E-state index is 0.499. The molecule has 0 aliphatic carbocycles. The highest BCUT2D eigenvalue weighted by Crippen LogP contribution is 2.17. The normalized spacial score (nSPS) is 21.0. The summed E-state index contributed by atoms with van der Waals surface area (Å²) in [6.45, 7) is 1.97. The molecule has 1 atom stereocenters. The van der Waals surface area contributed by atoms with Crippen LogP contribution in [0.5, 0.6) is 0 Å². The molecule has 0 saturated carbocycles. The molecule has 3 nitrogen and oxygen atoms in total. The first-order valence-electron chi connectivity index (χ1n) is 5.56. The summed E-state index contributed by atoms with van der Waals surface area (Å²) in [5, 5.41) is 0. The first-order chi connectivity index (χ1) is 7.38. The van der Waals surface area contributed by atoms with Crippen molar-refractivity contribution in [1.82, 2.24) is 9.55 Å². The van der Waals surface area contributed by atoms with E-state index in [9.17, 15) is 0 Å². The minimum Gasteiger partial charge on any atom is -0.378 e. The van der Waals surface area contributed by atoms with Crippen LogP contribution in [0.1, 0.15) is 31.4 Å². The molecule has 2 rings (SSSR count). The Morgan fingerprint density at radius 2 is 2.53 bits per heavy atom. The van der Waals surface area contributed by atoms with E-state index in [1.165, 1.54) is 12.8 Å². The Balaban J connectivity index is 1.68. The van der Waals surface area contributed by atoms with Crippen molar-refractivity contribution in [3.63, 3.8) is 0 Å². The number of rotatable bonds is 5. The molecule has 0 radical (unpaired) electrons. The number of alkyl halides is 1. The van der Waals surface area contributed by atoms with Crippen LogP contribution in [0, 0.1) is 0 Å². The zero-order valence-electron chi connectivity index (χ0n) is 8.86. The van der Waals surface area contributed by atoms with Crippen LogP contribution in [0.25, 0.3) is 0 Å². The molecule has 0 amide bonds. The average molecular weight is 229 g/mol. The summed E-state index contributed by atoms with van der Waals surface area (Å²) < 4.78 is 7.68. The van der Waals surface area contributed by atoms with Gasteiger partial charge in [0, 0.05) is 19.3 Å². The average Bonchev–Trinajstić information content (AvgIpc) is 2.88. The minimum atomic E-state index is 0.499. The maximum atomic E-state index is 5.68. The van der Waals surface area contributed by atoms with Crippen LogP contribution in [0.4, 0.5) is 0 Å². The molecule has 0 spiro atoms. The molecule has 1 aliphatic heterocycles. The lowest BCUT2D eigenvalue weighted by Gasteiger charge is -2.08. The van der Waals surface area contributed by atoms with Gasteiger partial charge in [-0.15, -0.1) is 11.6 Å². The quantitative estimate of drug-likeness (QED) is 0.725. The molecular formula is C11H17ClN2O. The Hall–Kier alpha value is -0.540. The van der Waals surface area contributed by atoms with Gasteiger partial charge in [0.15, 0.2) is 0 Å². The van der Waals surface area contributed by atoms with Gasteiger partial charge < -0.3 is 9.30 Å². The van der Waals surface area contributed by atoms with E-state index in [-0.39, 0.29) is 0 Å². The molecule has 1 aromatic rings. The molecule has 1 aliphatic rings. The molecule has 1 unspecified atom stereocenters. The van der Waals surface area contributed by atoms with Crippen molar-refractivity contribution in [2.75, 3.05) is 6.61 Å². The Bertz CT molecular complexity index is 295. The second-order valence-corrected chi connectivity index (χ2v) is 4.28. The topological polar surface area (TPSA) is 27.1 Å². The first kappa shape index (κ1) is 11.0. The molecule has 4 heteroatoms. The monoisotopic (exact) mass is 228 g/mol. The Morgan fingerprint density at radius 1 is 1.60 bits per heavy atom. The number of hydrogen-bond donors (Lipinski definition) is 0. The summed E-state index contributed by atoms with van der Waals surface area (Å²) in [6.07, 6.45) is 9.15. The van der Waals surface area contributed by atoms with Gasteiger partial charge in [0.2, 0.25) is 0 Å². The second kappa shape index (κ2) is 5.52. The van der Waals surface area contributed by atoms with E-state index in [0.29, 0.717) is 12.0 Å². The van der Waals surface area contributed by atoms with Gasteiger partial charge in [0.05, 0.1) is 24.0 Å². The number of nitrogens with zero attached hydrogens (tertiary/aromatic N) is 2. The zero-order chi connectivity index (χ0) is 10.5. The maximum absolute atomic E-state index is 5.68. The lowest BCUT2D eigenvalue weighted by Crippen LogP contribution is -2.06. The van der Waals surface area contributed by atoms with Crippen molar-refractivity contribution in [2.45, 2.75) is 44.2 Å². The largest absolute Gasteiger partial charge is 0.378 e. The summed E-state index contributed by atoms with van der Waals surface area (Å²) in [4.78, 5) is 4.18. The molecular weight excluding hydrogens is 212 g/mol. The van der Waals surface area contributed by atoms with Gasteiger partial charge in [-0.05, 0) is 25.7 Å². The molecule has 1 fully saturated rings. The molecule has 0 N–H and O–H groups in total. The lowest BCUT2D eigenvalue weighted by atomic mass is 10.1. The third-order valence-electron chi connectivity index (χ3n) is 2.79. The Morgan fingerprint density at radius 3 is 3.20 bits per heavy atom. The molecule has 2 heterocycles. The maximum Gasteiger partial charge on any atom is 0.0949 e. The fourth-order valence-corrected chi connectivity index (χ4v) is 2.11. The SMILES string of the molecule is ClCc1cn(CCCC2CCCO2)cn1. The third kappa shape index (κ3) is 3.21. The molecule has 1 saturated heterocycles. The van der Waals surface area contributed by atoms with Crippen LogP contribution in [-0.4, -0.2) is 22.3 Å². The number of hydrogen-bond acceptors (Lipinski definition) is 2. The van der Waals surface area contributed by atoms with Crippen molar-refractivity contribution in [1.29, 1.82) is 0 Å².